The van der Waals surface area contributed by atoms with Crippen molar-refractivity contribution in [1.29, 1.82) is 0 Å². The Morgan fingerprint density at radius 2 is 2.00 bits per heavy atom. The molecule has 0 radical (unpaired) electrons. The van der Waals surface area contributed by atoms with Gasteiger partial charge in [0.05, 0.1) is 0 Å². The normalized spacial score (nSPS) is 35.7. The molecule has 0 aromatic carbocycles. The number of hydrogen-bond acceptors (Lipinski definition) is 1. The van der Waals surface area contributed by atoms with Crippen LogP contribution >= 0.6 is 12.6 Å². The summed E-state index contributed by atoms with van der Waals surface area (Å²) in [4.78, 5) is 0. The Morgan fingerprint density at radius 3 is 2.41 bits per heavy atom. The Balaban J connectivity index is 2.85. The van der Waals surface area contributed by atoms with Gasteiger partial charge in [-0.05, 0) is 0 Å². The first-order valence-corrected chi connectivity index (χ1v) is 10.6. The summed E-state index contributed by atoms with van der Waals surface area (Å²) < 4.78 is 2.19. The predicted octanol–water partition coefficient (Wildman–Crippen LogP) is 1.84. The van der Waals surface area contributed by atoms with Gasteiger partial charge in [0.1, 0.15) is 0 Å². The van der Waals surface area contributed by atoms with Crippen LogP contribution in [0, 0.1) is 23.2 Å². The third-order valence-corrected chi connectivity index (χ3v) is 9.22. The summed E-state index contributed by atoms with van der Waals surface area (Å²) in [6.45, 7) is 12.2. The molecule has 0 aromatic rings. The van der Waals surface area contributed by atoms with Crippen LogP contribution in [0.5, 0.6) is 0 Å². The molecule has 104 valence electrons. The zero-order valence-corrected chi connectivity index (χ0v) is 15.2. The SMILES string of the molecule is CCC([I-]CS)C1CCC(C)(CC)C1C(C)C. The molecule has 1 aliphatic rings. The van der Waals surface area contributed by atoms with Gasteiger partial charge in [0.25, 0.3) is 0 Å². The topological polar surface area (TPSA) is 0 Å². The van der Waals surface area contributed by atoms with Crippen molar-refractivity contribution in [3.8, 4) is 0 Å². The first-order chi connectivity index (χ1) is 8.00. The zero-order chi connectivity index (χ0) is 13.1. The van der Waals surface area contributed by atoms with Gasteiger partial charge in [-0.25, -0.2) is 0 Å². The summed E-state index contributed by atoms with van der Waals surface area (Å²) in [6.07, 6.45) is 5.70. The molecule has 0 nitrogen and oxygen atoms in total. The van der Waals surface area contributed by atoms with Crippen molar-refractivity contribution >= 4 is 12.6 Å². The number of hydrogen-bond donors (Lipinski definition) is 1. The van der Waals surface area contributed by atoms with Crippen molar-refractivity contribution in [2.75, 3.05) is 3.76 Å². The summed E-state index contributed by atoms with van der Waals surface area (Å²) in [7, 11) is 0. The average Bonchev–Trinajstić information content (AvgIpc) is 2.65. The fourth-order valence-electron chi connectivity index (χ4n) is 4.09. The van der Waals surface area contributed by atoms with E-state index in [1.54, 1.807) is 0 Å². The molecule has 0 N–H and O–H groups in total. The number of halogens is 1. The quantitative estimate of drug-likeness (QED) is 0.412. The van der Waals surface area contributed by atoms with Crippen LogP contribution in [0.25, 0.3) is 0 Å². The van der Waals surface area contributed by atoms with E-state index in [2.05, 4.69) is 47.2 Å². The van der Waals surface area contributed by atoms with Gasteiger partial charge in [-0.3, -0.25) is 0 Å². The van der Waals surface area contributed by atoms with Gasteiger partial charge in [-0.15, -0.1) is 0 Å². The zero-order valence-electron chi connectivity index (χ0n) is 12.2. The van der Waals surface area contributed by atoms with Gasteiger partial charge in [-0.1, -0.05) is 0 Å². The monoisotopic (exact) mass is 369 g/mol. The van der Waals surface area contributed by atoms with Crippen molar-refractivity contribution in [1.82, 2.24) is 0 Å². The minimum absolute atomic E-state index is 0.313. The van der Waals surface area contributed by atoms with Crippen molar-refractivity contribution in [3.63, 3.8) is 0 Å². The Hall–Kier alpha value is 1.08. The maximum atomic E-state index is 4.50. The van der Waals surface area contributed by atoms with Crippen molar-refractivity contribution in [2.45, 2.75) is 64.2 Å². The van der Waals surface area contributed by atoms with E-state index in [4.69, 9.17) is 0 Å². The second-order valence-corrected chi connectivity index (χ2v) is 10.9. The average molecular weight is 369 g/mol. The van der Waals surface area contributed by atoms with Crippen LogP contribution < -0.4 is 21.2 Å². The van der Waals surface area contributed by atoms with Crippen LogP contribution in [0.4, 0.5) is 0 Å². The third-order valence-electron chi connectivity index (χ3n) is 4.96. The van der Waals surface area contributed by atoms with Gasteiger partial charge in [0, 0.05) is 0 Å². The predicted molar refractivity (Wildman–Crippen MR) is 77.4 cm³/mol. The first kappa shape index (κ1) is 16.1. The van der Waals surface area contributed by atoms with Crippen molar-refractivity contribution in [2.24, 2.45) is 23.2 Å². The molecule has 1 saturated carbocycles. The van der Waals surface area contributed by atoms with E-state index in [9.17, 15) is 0 Å². The number of thiol groups is 1. The van der Waals surface area contributed by atoms with E-state index >= 15 is 0 Å². The summed E-state index contributed by atoms with van der Waals surface area (Å²) in [6, 6.07) is 0. The molecule has 0 aliphatic heterocycles. The second kappa shape index (κ2) is 7.02. The molecule has 1 rings (SSSR count). The van der Waals surface area contributed by atoms with E-state index in [1.807, 2.05) is 0 Å². The fraction of sp³-hybridized carbons (Fsp3) is 1.00. The Kier molecular flexibility index (Phi) is 6.66. The molecule has 0 heterocycles. The number of rotatable bonds is 6. The molecule has 0 aromatic heterocycles. The molecule has 17 heavy (non-hydrogen) atoms. The van der Waals surface area contributed by atoms with Crippen LogP contribution in [0.3, 0.4) is 0 Å². The third kappa shape index (κ3) is 3.55. The van der Waals surface area contributed by atoms with Gasteiger partial charge in [0.15, 0.2) is 0 Å². The van der Waals surface area contributed by atoms with E-state index < -0.39 is 0 Å². The van der Waals surface area contributed by atoms with Crippen molar-refractivity contribution < 1.29 is 21.2 Å². The summed E-state index contributed by atoms with van der Waals surface area (Å²) in [5.74, 6) is 2.81. The standard InChI is InChI=1S/C15H30IS/c1-6-13(16-10-17)12-8-9-15(5,7-2)14(12)11(3)4/h11-14,17H,6-10H2,1-5H3/q-1. The minimum atomic E-state index is 0.313. The molecular weight excluding hydrogens is 339 g/mol. The summed E-state index contributed by atoms with van der Waals surface area (Å²) in [5.41, 5.74) is 0.618. The first-order valence-electron chi connectivity index (χ1n) is 7.18. The summed E-state index contributed by atoms with van der Waals surface area (Å²) >= 11 is 4.82. The molecule has 2 heteroatoms. The van der Waals surface area contributed by atoms with E-state index in [0.717, 1.165) is 21.7 Å². The Labute approximate surface area is 124 Å². The maximum absolute atomic E-state index is 4.50. The number of alkyl halides is 2. The van der Waals surface area contributed by atoms with Crippen LogP contribution in [-0.2, 0) is 0 Å². The summed E-state index contributed by atoms with van der Waals surface area (Å²) in [5, 5.41) is 0. The van der Waals surface area contributed by atoms with Crippen LogP contribution in [0.2, 0.25) is 0 Å². The molecule has 4 unspecified atom stereocenters. The molecule has 0 bridgehead atoms. The van der Waals surface area contributed by atoms with Crippen LogP contribution in [0.15, 0.2) is 0 Å². The second-order valence-electron chi connectivity index (χ2n) is 6.18. The van der Waals surface area contributed by atoms with Crippen LogP contribution in [0.1, 0.15) is 60.3 Å². The van der Waals surface area contributed by atoms with E-state index in [-0.39, 0.29) is 0 Å². The van der Waals surface area contributed by atoms with E-state index in [1.165, 1.54) is 29.4 Å². The molecule has 4 atom stereocenters. The molecule has 0 amide bonds. The Morgan fingerprint density at radius 1 is 1.35 bits per heavy atom. The van der Waals surface area contributed by atoms with Gasteiger partial charge >= 0.3 is 125 Å². The van der Waals surface area contributed by atoms with Gasteiger partial charge in [0.2, 0.25) is 0 Å². The molecule has 0 saturated heterocycles. The molecular formula is C15H30IS-. The molecule has 0 spiro atoms. The molecule has 1 aliphatic carbocycles. The van der Waals surface area contributed by atoms with Gasteiger partial charge < -0.3 is 0 Å². The van der Waals surface area contributed by atoms with E-state index in [0.29, 0.717) is 26.6 Å². The van der Waals surface area contributed by atoms with Crippen molar-refractivity contribution in [3.05, 3.63) is 0 Å². The van der Waals surface area contributed by atoms with Gasteiger partial charge in [-0.2, -0.15) is 0 Å². The Bertz CT molecular complexity index is 229. The van der Waals surface area contributed by atoms with Crippen LogP contribution in [-0.4, -0.2) is 7.68 Å². The molecule has 1 fully saturated rings. The fourth-order valence-corrected chi connectivity index (χ4v) is 7.87.